The number of thiocarbonyl (C=S) groups is 1. The van der Waals surface area contributed by atoms with Crippen molar-refractivity contribution in [1.29, 1.82) is 0 Å². The zero-order chi connectivity index (χ0) is 14.9. The van der Waals surface area contributed by atoms with Gasteiger partial charge >= 0.3 is 0 Å². The predicted octanol–water partition coefficient (Wildman–Crippen LogP) is 1.92. The minimum absolute atomic E-state index is 0.0965. The van der Waals surface area contributed by atoms with Crippen LogP contribution in [0.5, 0.6) is 0 Å². The Labute approximate surface area is 128 Å². The molecule has 7 heteroatoms. The molecule has 0 aliphatic carbocycles. The third-order valence-electron chi connectivity index (χ3n) is 3.80. The van der Waals surface area contributed by atoms with Crippen LogP contribution in [0.15, 0.2) is 4.42 Å². The van der Waals surface area contributed by atoms with Gasteiger partial charge in [0.2, 0.25) is 5.76 Å². The Balaban J connectivity index is 2.09. The van der Waals surface area contributed by atoms with Crippen molar-refractivity contribution in [3.63, 3.8) is 0 Å². The van der Waals surface area contributed by atoms with Crippen molar-refractivity contribution in [3.05, 3.63) is 17.3 Å². The fourth-order valence-electron chi connectivity index (χ4n) is 2.50. The number of hydrogen-bond acceptors (Lipinski definition) is 5. The number of nitrogens with two attached hydrogens (primary N) is 1. The number of aromatic nitrogens is 1. The van der Waals surface area contributed by atoms with E-state index in [0.29, 0.717) is 35.4 Å². The van der Waals surface area contributed by atoms with E-state index in [0.717, 1.165) is 12.8 Å². The number of carbonyl (C=O) groups is 1. The standard InChI is InChI=1S/C13H19N3O2S2/c1-8-10(18-9(2)15-8)11(17)16-6-4-13(20-3,5-7-16)12(14)19/h4-7H2,1-3H3,(H2,14,19). The van der Waals surface area contributed by atoms with E-state index in [-0.39, 0.29) is 10.7 Å². The summed E-state index contributed by atoms with van der Waals surface area (Å²) in [6, 6.07) is 0. The first-order valence-electron chi connectivity index (χ1n) is 6.48. The highest BCUT2D eigenvalue weighted by Crippen LogP contribution is 2.35. The minimum atomic E-state index is -0.182. The number of aryl methyl sites for hydroxylation is 2. The van der Waals surface area contributed by atoms with Crippen molar-refractivity contribution in [3.8, 4) is 0 Å². The molecule has 0 unspecified atom stereocenters. The van der Waals surface area contributed by atoms with Gasteiger partial charge in [-0.3, -0.25) is 4.79 Å². The summed E-state index contributed by atoms with van der Waals surface area (Å²) in [6.07, 6.45) is 3.57. The zero-order valence-electron chi connectivity index (χ0n) is 11.9. The molecule has 2 rings (SSSR count). The number of rotatable bonds is 3. The van der Waals surface area contributed by atoms with Crippen LogP contribution >= 0.6 is 24.0 Å². The molecule has 0 aromatic carbocycles. The number of piperidine rings is 1. The summed E-state index contributed by atoms with van der Waals surface area (Å²) in [5.41, 5.74) is 6.49. The molecule has 110 valence electrons. The fraction of sp³-hybridized carbons (Fsp3) is 0.615. The number of nitrogens with zero attached hydrogens (tertiary/aromatic N) is 2. The van der Waals surface area contributed by atoms with E-state index >= 15 is 0 Å². The van der Waals surface area contributed by atoms with Gasteiger partial charge in [0.1, 0.15) is 0 Å². The maximum Gasteiger partial charge on any atom is 0.291 e. The van der Waals surface area contributed by atoms with Gasteiger partial charge in [0.25, 0.3) is 5.91 Å². The Hall–Kier alpha value is -1.08. The maximum absolute atomic E-state index is 12.4. The highest BCUT2D eigenvalue weighted by Gasteiger charge is 2.38. The van der Waals surface area contributed by atoms with Gasteiger partial charge in [0, 0.05) is 20.0 Å². The van der Waals surface area contributed by atoms with E-state index < -0.39 is 0 Å². The highest BCUT2D eigenvalue weighted by molar-refractivity contribution is 8.02. The number of hydrogen-bond donors (Lipinski definition) is 1. The Morgan fingerprint density at radius 3 is 2.45 bits per heavy atom. The van der Waals surface area contributed by atoms with E-state index in [9.17, 15) is 4.79 Å². The average Bonchev–Trinajstić information content (AvgIpc) is 2.76. The van der Waals surface area contributed by atoms with Crippen molar-refractivity contribution < 1.29 is 9.21 Å². The van der Waals surface area contributed by atoms with E-state index in [1.54, 1.807) is 30.5 Å². The van der Waals surface area contributed by atoms with Crippen LogP contribution in [0.1, 0.15) is 35.0 Å². The molecule has 2 heterocycles. The number of carbonyl (C=O) groups excluding carboxylic acids is 1. The molecular formula is C13H19N3O2S2. The average molecular weight is 313 g/mol. The Morgan fingerprint density at radius 1 is 1.45 bits per heavy atom. The third kappa shape index (κ3) is 2.69. The van der Waals surface area contributed by atoms with Crippen LogP contribution in [-0.2, 0) is 0 Å². The first-order valence-corrected chi connectivity index (χ1v) is 8.11. The zero-order valence-corrected chi connectivity index (χ0v) is 13.6. The van der Waals surface area contributed by atoms with Crippen molar-refractivity contribution in [2.24, 2.45) is 5.73 Å². The van der Waals surface area contributed by atoms with Crippen molar-refractivity contribution >= 4 is 34.9 Å². The number of thioether (sulfide) groups is 1. The van der Waals surface area contributed by atoms with Crippen LogP contribution in [0.4, 0.5) is 0 Å². The Kier molecular flexibility index (Phi) is 4.39. The second-order valence-electron chi connectivity index (χ2n) is 5.00. The van der Waals surface area contributed by atoms with Crippen molar-refractivity contribution in [2.45, 2.75) is 31.4 Å². The molecule has 0 radical (unpaired) electrons. The van der Waals surface area contributed by atoms with E-state index in [4.69, 9.17) is 22.4 Å². The molecule has 5 nitrogen and oxygen atoms in total. The summed E-state index contributed by atoms with van der Waals surface area (Å²) in [4.78, 5) is 18.9. The van der Waals surface area contributed by atoms with Gasteiger partial charge in [-0.25, -0.2) is 4.98 Å². The summed E-state index contributed by atoms with van der Waals surface area (Å²) >= 11 is 6.85. The molecule has 1 fully saturated rings. The predicted molar refractivity (Wildman–Crippen MR) is 84.1 cm³/mol. The van der Waals surface area contributed by atoms with Crippen molar-refractivity contribution in [1.82, 2.24) is 9.88 Å². The van der Waals surface area contributed by atoms with Crippen LogP contribution in [-0.4, -0.2) is 44.9 Å². The topological polar surface area (TPSA) is 72.4 Å². The molecule has 1 aliphatic heterocycles. The fourth-order valence-corrected chi connectivity index (χ4v) is 3.74. The molecule has 1 amide bonds. The summed E-state index contributed by atoms with van der Waals surface area (Å²) in [5, 5.41) is 0. The summed E-state index contributed by atoms with van der Waals surface area (Å²) in [5.74, 6) is 0.764. The lowest BCUT2D eigenvalue weighted by molar-refractivity contribution is 0.0684. The van der Waals surface area contributed by atoms with Crippen LogP contribution in [0, 0.1) is 13.8 Å². The molecule has 0 saturated carbocycles. The maximum atomic E-state index is 12.4. The first-order chi connectivity index (χ1) is 9.39. The molecule has 0 bridgehead atoms. The van der Waals surface area contributed by atoms with Crippen LogP contribution in [0.3, 0.4) is 0 Å². The van der Waals surface area contributed by atoms with Crippen LogP contribution < -0.4 is 5.73 Å². The van der Waals surface area contributed by atoms with Gasteiger partial charge in [-0.2, -0.15) is 11.8 Å². The molecule has 0 atom stereocenters. The molecular weight excluding hydrogens is 294 g/mol. The lowest BCUT2D eigenvalue weighted by Gasteiger charge is -2.39. The molecule has 0 spiro atoms. The highest BCUT2D eigenvalue weighted by atomic mass is 32.2. The SMILES string of the molecule is CSC1(C(N)=S)CCN(C(=O)c2oc(C)nc2C)CC1. The summed E-state index contributed by atoms with van der Waals surface area (Å²) in [6.45, 7) is 4.80. The third-order valence-corrected chi connectivity index (χ3v) is 5.73. The second-order valence-corrected chi connectivity index (χ2v) is 6.63. The van der Waals surface area contributed by atoms with Crippen LogP contribution in [0.25, 0.3) is 0 Å². The normalized spacial score (nSPS) is 18.1. The minimum Gasteiger partial charge on any atom is -0.436 e. The van der Waals surface area contributed by atoms with Gasteiger partial charge in [-0.05, 0) is 26.0 Å². The van der Waals surface area contributed by atoms with Crippen molar-refractivity contribution in [2.75, 3.05) is 19.3 Å². The van der Waals surface area contributed by atoms with Gasteiger partial charge in [0.15, 0.2) is 5.89 Å². The smallest absolute Gasteiger partial charge is 0.291 e. The second kappa shape index (κ2) is 5.73. The quantitative estimate of drug-likeness (QED) is 0.860. The molecule has 20 heavy (non-hydrogen) atoms. The van der Waals surface area contributed by atoms with E-state index in [1.807, 2.05) is 6.26 Å². The van der Waals surface area contributed by atoms with Gasteiger partial charge in [0.05, 0.1) is 15.4 Å². The summed E-state index contributed by atoms with van der Waals surface area (Å²) < 4.78 is 5.21. The van der Waals surface area contributed by atoms with Gasteiger partial charge in [-0.15, -0.1) is 0 Å². The Bertz CT molecular complexity index is 534. The lowest BCUT2D eigenvalue weighted by Crippen LogP contribution is -2.50. The monoisotopic (exact) mass is 313 g/mol. The molecule has 2 N–H and O–H groups in total. The number of amides is 1. The largest absolute Gasteiger partial charge is 0.436 e. The number of oxazole rings is 1. The van der Waals surface area contributed by atoms with Crippen LogP contribution in [0.2, 0.25) is 0 Å². The Morgan fingerprint density at radius 2 is 2.05 bits per heavy atom. The first kappa shape index (κ1) is 15.3. The van der Waals surface area contributed by atoms with Gasteiger partial charge in [-0.1, -0.05) is 12.2 Å². The molecule has 1 aromatic heterocycles. The lowest BCUT2D eigenvalue weighted by atomic mass is 9.95. The summed E-state index contributed by atoms with van der Waals surface area (Å²) in [7, 11) is 0. The van der Waals surface area contributed by atoms with E-state index in [2.05, 4.69) is 4.98 Å². The number of likely N-dealkylation sites (tertiary alicyclic amines) is 1. The molecule has 1 aliphatic rings. The van der Waals surface area contributed by atoms with Gasteiger partial charge < -0.3 is 15.1 Å². The molecule has 1 aromatic rings. The molecule has 1 saturated heterocycles. The van der Waals surface area contributed by atoms with E-state index in [1.165, 1.54) is 0 Å².